The Morgan fingerprint density at radius 1 is 1.29 bits per heavy atom. The SMILES string of the molecule is Cn1cc(N2CCN(C(=O)[C@H]3CCC[C@H](N)C3)CC2)cn1. The second-order valence-electron chi connectivity index (χ2n) is 6.31. The molecule has 0 unspecified atom stereocenters. The number of hydrogen-bond donors (Lipinski definition) is 1. The van der Waals surface area contributed by atoms with Crippen LogP contribution in [0.3, 0.4) is 0 Å². The Labute approximate surface area is 125 Å². The first-order chi connectivity index (χ1) is 10.1. The van der Waals surface area contributed by atoms with Crippen LogP contribution in [0.2, 0.25) is 0 Å². The average Bonchev–Trinajstić information content (AvgIpc) is 2.93. The molecule has 2 N–H and O–H groups in total. The van der Waals surface area contributed by atoms with E-state index in [0.717, 1.165) is 57.5 Å². The Morgan fingerprint density at radius 3 is 2.67 bits per heavy atom. The molecule has 0 aromatic carbocycles. The van der Waals surface area contributed by atoms with Gasteiger partial charge in [-0.1, -0.05) is 6.42 Å². The standard InChI is InChI=1S/C15H25N5O/c1-18-11-14(10-17-18)19-5-7-20(8-6-19)15(21)12-3-2-4-13(16)9-12/h10-13H,2-9,16H2,1H3/t12-,13-/m0/s1. The van der Waals surface area contributed by atoms with E-state index in [9.17, 15) is 4.79 Å². The van der Waals surface area contributed by atoms with Gasteiger partial charge >= 0.3 is 0 Å². The Balaban J connectivity index is 1.54. The van der Waals surface area contributed by atoms with Gasteiger partial charge in [-0.25, -0.2) is 0 Å². The van der Waals surface area contributed by atoms with Crippen molar-refractivity contribution in [2.75, 3.05) is 31.1 Å². The first kappa shape index (κ1) is 14.4. The molecule has 6 heteroatoms. The zero-order chi connectivity index (χ0) is 14.8. The third-order valence-corrected chi connectivity index (χ3v) is 4.71. The zero-order valence-corrected chi connectivity index (χ0v) is 12.7. The fraction of sp³-hybridized carbons (Fsp3) is 0.733. The highest BCUT2D eigenvalue weighted by Crippen LogP contribution is 2.26. The number of hydrogen-bond acceptors (Lipinski definition) is 4. The van der Waals surface area contributed by atoms with Gasteiger partial charge in [-0.05, 0) is 19.3 Å². The van der Waals surface area contributed by atoms with Gasteiger partial charge in [0.2, 0.25) is 5.91 Å². The highest BCUT2D eigenvalue weighted by atomic mass is 16.2. The molecule has 1 aromatic rings. The average molecular weight is 291 g/mol. The molecule has 2 aliphatic rings. The molecule has 1 aliphatic carbocycles. The van der Waals surface area contributed by atoms with E-state index in [-0.39, 0.29) is 12.0 Å². The minimum absolute atomic E-state index is 0.152. The molecule has 1 saturated heterocycles. The number of aromatic nitrogens is 2. The summed E-state index contributed by atoms with van der Waals surface area (Å²) in [6.07, 6.45) is 7.94. The van der Waals surface area contributed by atoms with Crippen molar-refractivity contribution in [1.82, 2.24) is 14.7 Å². The second kappa shape index (κ2) is 6.05. The Kier molecular flexibility index (Phi) is 4.14. The van der Waals surface area contributed by atoms with Crippen molar-refractivity contribution in [1.29, 1.82) is 0 Å². The minimum Gasteiger partial charge on any atom is -0.365 e. The van der Waals surface area contributed by atoms with Gasteiger partial charge in [-0.2, -0.15) is 5.10 Å². The molecular formula is C15H25N5O. The third kappa shape index (κ3) is 3.20. The lowest BCUT2D eigenvalue weighted by Gasteiger charge is -2.38. The van der Waals surface area contributed by atoms with Gasteiger partial charge in [0.1, 0.15) is 0 Å². The molecule has 1 saturated carbocycles. The molecular weight excluding hydrogens is 266 g/mol. The molecule has 6 nitrogen and oxygen atoms in total. The number of nitrogens with zero attached hydrogens (tertiary/aromatic N) is 4. The Hall–Kier alpha value is -1.56. The predicted octanol–water partition coefficient (Wildman–Crippen LogP) is 0.586. The van der Waals surface area contributed by atoms with Crippen molar-refractivity contribution in [3.8, 4) is 0 Å². The summed E-state index contributed by atoms with van der Waals surface area (Å²) in [5.74, 6) is 0.467. The molecule has 0 bridgehead atoms. The van der Waals surface area contributed by atoms with Crippen LogP contribution in [-0.4, -0.2) is 52.8 Å². The molecule has 2 heterocycles. The number of aryl methyl sites for hydroxylation is 1. The fourth-order valence-electron chi connectivity index (χ4n) is 3.47. The van der Waals surface area contributed by atoms with Crippen LogP contribution in [0.25, 0.3) is 0 Å². The van der Waals surface area contributed by atoms with Gasteiger partial charge < -0.3 is 15.5 Å². The van der Waals surface area contributed by atoms with Gasteiger partial charge in [-0.15, -0.1) is 0 Å². The van der Waals surface area contributed by atoms with Crippen LogP contribution in [0.15, 0.2) is 12.4 Å². The van der Waals surface area contributed by atoms with Gasteiger partial charge in [0, 0.05) is 51.4 Å². The minimum atomic E-state index is 0.152. The molecule has 2 fully saturated rings. The summed E-state index contributed by atoms with van der Waals surface area (Å²) in [5.41, 5.74) is 7.15. The smallest absolute Gasteiger partial charge is 0.225 e. The molecule has 21 heavy (non-hydrogen) atoms. The number of amides is 1. The maximum absolute atomic E-state index is 12.6. The summed E-state index contributed by atoms with van der Waals surface area (Å²) in [7, 11) is 1.93. The number of piperazine rings is 1. The zero-order valence-electron chi connectivity index (χ0n) is 12.7. The largest absolute Gasteiger partial charge is 0.365 e. The van der Waals surface area contributed by atoms with E-state index in [0.29, 0.717) is 5.91 Å². The van der Waals surface area contributed by atoms with Crippen molar-refractivity contribution < 1.29 is 4.79 Å². The topological polar surface area (TPSA) is 67.4 Å². The van der Waals surface area contributed by atoms with Crippen LogP contribution in [-0.2, 0) is 11.8 Å². The van der Waals surface area contributed by atoms with Crippen LogP contribution in [0.4, 0.5) is 5.69 Å². The quantitative estimate of drug-likeness (QED) is 0.866. The third-order valence-electron chi connectivity index (χ3n) is 4.71. The van der Waals surface area contributed by atoms with Crippen LogP contribution in [0.1, 0.15) is 25.7 Å². The van der Waals surface area contributed by atoms with E-state index in [4.69, 9.17) is 5.73 Å². The summed E-state index contributed by atoms with van der Waals surface area (Å²) in [4.78, 5) is 16.9. The van der Waals surface area contributed by atoms with Crippen LogP contribution in [0, 0.1) is 5.92 Å². The highest BCUT2D eigenvalue weighted by molar-refractivity contribution is 5.79. The summed E-state index contributed by atoms with van der Waals surface area (Å²) >= 11 is 0. The molecule has 116 valence electrons. The van der Waals surface area contributed by atoms with Crippen LogP contribution < -0.4 is 10.6 Å². The monoisotopic (exact) mass is 291 g/mol. The van der Waals surface area contributed by atoms with Crippen molar-refractivity contribution in [3.63, 3.8) is 0 Å². The second-order valence-corrected chi connectivity index (χ2v) is 6.31. The van der Waals surface area contributed by atoms with Crippen LogP contribution >= 0.6 is 0 Å². The lowest BCUT2D eigenvalue weighted by molar-refractivity contribution is -0.137. The molecule has 3 rings (SSSR count). The normalized spacial score (nSPS) is 27.0. The van der Waals surface area contributed by atoms with Crippen molar-refractivity contribution in [3.05, 3.63) is 12.4 Å². The molecule has 0 radical (unpaired) electrons. The summed E-state index contributed by atoms with van der Waals surface area (Å²) < 4.78 is 1.82. The first-order valence-corrected chi connectivity index (χ1v) is 7.91. The first-order valence-electron chi connectivity index (χ1n) is 7.91. The van der Waals surface area contributed by atoms with E-state index in [1.807, 2.05) is 29.0 Å². The summed E-state index contributed by atoms with van der Waals surface area (Å²) in [6, 6.07) is 0.212. The lowest BCUT2D eigenvalue weighted by Crippen LogP contribution is -2.51. The number of carbonyl (C=O) groups is 1. The van der Waals surface area contributed by atoms with E-state index < -0.39 is 0 Å². The number of carbonyl (C=O) groups excluding carboxylic acids is 1. The van der Waals surface area contributed by atoms with Crippen LogP contribution in [0.5, 0.6) is 0 Å². The number of nitrogens with two attached hydrogens (primary N) is 1. The number of anilines is 1. The molecule has 2 atom stereocenters. The number of rotatable bonds is 2. The van der Waals surface area contributed by atoms with E-state index in [2.05, 4.69) is 10.00 Å². The summed E-state index contributed by atoms with van der Waals surface area (Å²) in [5, 5.41) is 4.21. The van der Waals surface area contributed by atoms with Crippen molar-refractivity contribution in [2.45, 2.75) is 31.7 Å². The van der Waals surface area contributed by atoms with Gasteiger partial charge in [-0.3, -0.25) is 9.48 Å². The predicted molar refractivity (Wildman–Crippen MR) is 81.9 cm³/mol. The fourth-order valence-corrected chi connectivity index (χ4v) is 3.47. The maximum atomic E-state index is 12.6. The highest BCUT2D eigenvalue weighted by Gasteiger charge is 2.30. The maximum Gasteiger partial charge on any atom is 0.225 e. The van der Waals surface area contributed by atoms with Crippen molar-refractivity contribution in [2.24, 2.45) is 18.7 Å². The van der Waals surface area contributed by atoms with E-state index in [1.165, 1.54) is 0 Å². The van der Waals surface area contributed by atoms with Gasteiger partial charge in [0.15, 0.2) is 0 Å². The Bertz CT molecular complexity index is 492. The molecule has 1 amide bonds. The van der Waals surface area contributed by atoms with Gasteiger partial charge in [0.25, 0.3) is 0 Å². The molecule has 1 aromatic heterocycles. The Morgan fingerprint density at radius 2 is 2.05 bits per heavy atom. The molecule has 0 spiro atoms. The summed E-state index contributed by atoms with van der Waals surface area (Å²) in [6.45, 7) is 3.38. The van der Waals surface area contributed by atoms with E-state index in [1.54, 1.807) is 0 Å². The van der Waals surface area contributed by atoms with E-state index >= 15 is 0 Å². The lowest BCUT2D eigenvalue weighted by atomic mass is 9.85. The van der Waals surface area contributed by atoms with Crippen molar-refractivity contribution >= 4 is 11.6 Å². The molecule has 1 aliphatic heterocycles. The van der Waals surface area contributed by atoms with Gasteiger partial charge in [0.05, 0.1) is 11.9 Å².